The van der Waals surface area contributed by atoms with Gasteiger partial charge in [0, 0.05) is 48.5 Å². The van der Waals surface area contributed by atoms with Crippen LogP contribution in [0.4, 0.5) is 4.39 Å². The lowest BCUT2D eigenvalue weighted by molar-refractivity contribution is -0.00414. The van der Waals surface area contributed by atoms with Crippen molar-refractivity contribution < 1.29 is 13.9 Å². The largest absolute Gasteiger partial charge is 0.365 e. The molecule has 0 spiro atoms. The first-order valence-corrected chi connectivity index (χ1v) is 12.0. The maximum absolute atomic E-state index is 14.2. The summed E-state index contributed by atoms with van der Waals surface area (Å²) in [5.74, 6) is -0.296. The molecule has 0 bridgehead atoms. The zero-order valence-electron chi connectivity index (χ0n) is 19.3. The highest BCUT2D eigenvalue weighted by Crippen LogP contribution is 2.29. The van der Waals surface area contributed by atoms with E-state index in [0.29, 0.717) is 30.8 Å². The van der Waals surface area contributed by atoms with Gasteiger partial charge in [0.2, 0.25) is 0 Å². The van der Waals surface area contributed by atoms with Gasteiger partial charge < -0.3 is 15.0 Å². The second kappa shape index (κ2) is 9.24. The zero-order valence-corrected chi connectivity index (χ0v) is 19.3. The van der Waals surface area contributed by atoms with Crippen LogP contribution in [0.25, 0.3) is 10.9 Å². The number of amides is 1. The second-order valence-corrected chi connectivity index (χ2v) is 9.29. The number of H-pyrrole nitrogens is 1. The Balaban J connectivity index is 1.03. The predicted molar refractivity (Wildman–Crippen MR) is 128 cm³/mol. The lowest BCUT2D eigenvalue weighted by Crippen LogP contribution is -2.44. The van der Waals surface area contributed by atoms with E-state index in [1.807, 2.05) is 41.2 Å². The smallest absolute Gasteiger partial charge is 0.251 e. The summed E-state index contributed by atoms with van der Waals surface area (Å²) < 4.78 is 22.0. The number of halogens is 1. The number of ether oxygens (including phenoxy) is 1. The molecule has 2 aliphatic heterocycles. The number of nitrogens with zero attached hydrogens (tertiary/aromatic N) is 4. The molecular weight excluding hydrogens is 447 g/mol. The Hall–Kier alpha value is -3.56. The van der Waals surface area contributed by atoms with Gasteiger partial charge in [0.15, 0.2) is 0 Å². The molecule has 2 aliphatic rings. The van der Waals surface area contributed by atoms with Crippen LogP contribution in [-0.2, 0) is 24.4 Å². The summed E-state index contributed by atoms with van der Waals surface area (Å²) in [7, 11) is 0. The van der Waals surface area contributed by atoms with E-state index >= 15 is 0 Å². The van der Waals surface area contributed by atoms with Crippen molar-refractivity contribution in [3.63, 3.8) is 0 Å². The average molecular weight is 475 g/mol. The Morgan fingerprint density at radius 1 is 1.17 bits per heavy atom. The molecule has 1 saturated heterocycles. The van der Waals surface area contributed by atoms with Crippen molar-refractivity contribution in [2.24, 2.45) is 0 Å². The Morgan fingerprint density at radius 2 is 2.03 bits per heavy atom. The molecule has 4 aromatic rings. The molecule has 2 aromatic carbocycles. The number of hydrogen-bond donors (Lipinski definition) is 2. The molecule has 6 rings (SSSR count). The molecule has 1 fully saturated rings. The maximum Gasteiger partial charge on any atom is 0.251 e. The van der Waals surface area contributed by atoms with E-state index in [1.165, 1.54) is 6.07 Å². The first-order chi connectivity index (χ1) is 17.1. The fourth-order valence-electron chi connectivity index (χ4n) is 5.01. The summed E-state index contributed by atoms with van der Waals surface area (Å²) in [6, 6.07) is 14.6. The van der Waals surface area contributed by atoms with Crippen LogP contribution in [-0.4, -0.2) is 49.9 Å². The van der Waals surface area contributed by atoms with Gasteiger partial charge in [-0.25, -0.2) is 9.07 Å². The monoisotopic (exact) mass is 474 g/mol. The average Bonchev–Trinajstić information content (AvgIpc) is 3.51. The van der Waals surface area contributed by atoms with Gasteiger partial charge in [-0.2, -0.15) is 0 Å². The lowest BCUT2D eigenvalue weighted by Gasteiger charge is -2.32. The van der Waals surface area contributed by atoms with Crippen LogP contribution in [0.3, 0.4) is 0 Å². The minimum atomic E-state index is -0.365. The first kappa shape index (κ1) is 21.9. The fraction of sp³-hybridized carbons (Fsp3) is 0.346. The summed E-state index contributed by atoms with van der Waals surface area (Å²) in [6.45, 7) is 3.23. The molecular formula is C26H27FN6O2. The molecule has 0 aliphatic carbocycles. The topological polar surface area (TPSA) is 88.1 Å². The van der Waals surface area contributed by atoms with Crippen molar-refractivity contribution in [3.8, 4) is 0 Å². The summed E-state index contributed by atoms with van der Waals surface area (Å²) >= 11 is 0. The van der Waals surface area contributed by atoms with Crippen LogP contribution in [0.15, 0.2) is 54.7 Å². The van der Waals surface area contributed by atoms with Gasteiger partial charge in [0.05, 0.1) is 18.8 Å². The van der Waals surface area contributed by atoms with Gasteiger partial charge in [-0.1, -0.05) is 29.5 Å². The minimum Gasteiger partial charge on any atom is -0.365 e. The van der Waals surface area contributed by atoms with Crippen molar-refractivity contribution in [2.75, 3.05) is 13.1 Å². The standard InChI is InChI=1S/C26H27FN6O2/c27-21-4-2-1-3-20(21)25-15-33-24(16-35-25)23(30-31-33)14-32-11-8-19(9-12-32)29-26(34)18-6-5-17-7-10-28-22(17)13-18/h1-7,10,13,19,25,28H,8-9,11-12,14-16H2,(H,29,34)/t25-/m1/s1. The fourth-order valence-corrected chi connectivity index (χ4v) is 5.01. The molecule has 4 heterocycles. The van der Waals surface area contributed by atoms with E-state index in [4.69, 9.17) is 4.74 Å². The molecule has 0 radical (unpaired) electrons. The number of rotatable bonds is 5. The van der Waals surface area contributed by atoms with Crippen molar-refractivity contribution in [3.05, 3.63) is 83.1 Å². The third-order valence-electron chi connectivity index (χ3n) is 7.04. The molecule has 0 saturated carbocycles. The normalized spacial score (nSPS) is 19.1. The molecule has 2 N–H and O–H groups in total. The Morgan fingerprint density at radius 3 is 2.89 bits per heavy atom. The number of fused-ring (bicyclic) bond motifs is 2. The van der Waals surface area contributed by atoms with Crippen LogP contribution < -0.4 is 5.32 Å². The quantitative estimate of drug-likeness (QED) is 0.462. The highest BCUT2D eigenvalue weighted by molar-refractivity contribution is 5.98. The van der Waals surface area contributed by atoms with Gasteiger partial charge in [-0.05, 0) is 42.5 Å². The summed E-state index contributed by atoms with van der Waals surface area (Å²) in [5.41, 5.74) is 4.04. The lowest BCUT2D eigenvalue weighted by atomic mass is 10.0. The number of carbonyl (C=O) groups is 1. The van der Waals surface area contributed by atoms with E-state index < -0.39 is 0 Å². The molecule has 0 unspecified atom stereocenters. The number of hydrogen-bond acceptors (Lipinski definition) is 5. The van der Waals surface area contributed by atoms with Crippen molar-refractivity contribution in [1.82, 2.24) is 30.2 Å². The van der Waals surface area contributed by atoms with Crippen LogP contribution in [0.1, 0.15) is 46.3 Å². The van der Waals surface area contributed by atoms with Crippen LogP contribution in [0.2, 0.25) is 0 Å². The minimum absolute atomic E-state index is 0.0334. The predicted octanol–water partition coefficient (Wildman–Crippen LogP) is 3.56. The van der Waals surface area contributed by atoms with Crippen LogP contribution >= 0.6 is 0 Å². The van der Waals surface area contributed by atoms with Crippen molar-refractivity contribution in [2.45, 2.75) is 44.7 Å². The number of nitrogens with one attached hydrogen (secondary N) is 2. The Labute approximate surface area is 202 Å². The molecule has 180 valence electrons. The number of aromatic nitrogens is 4. The van der Waals surface area contributed by atoms with E-state index in [-0.39, 0.29) is 23.9 Å². The van der Waals surface area contributed by atoms with Crippen molar-refractivity contribution >= 4 is 16.8 Å². The third-order valence-corrected chi connectivity index (χ3v) is 7.04. The SMILES string of the molecule is O=C(NC1CCN(Cc2nnn3c2CO[C@@H](c2ccccc2F)C3)CC1)c1ccc2cc[nH]c2c1. The first-order valence-electron chi connectivity index (χ1n) is 12.0. The van der Waals surface area contributed by atoms with E-state index in [2.05, 4.69) is 25.5 Å². The van der Waals surface area contributed by atoms with Gasteiger partial charge in [-0.15, -0.1) is 5.10 Å². The van der Waals surface area contributed by atoms with Gasteiger partial charge in [-0.3, -0.25) is 9.69 Å². The molecule has 8 nitrogen and oxygen atoms in total. The maximum atomic E-state index is 14.2. The van der Waals surface area contributed by atoms with Gasteiger partial charge in [0.25, 0.3) is 5.91 Å². The molecule has 2 aromatic heterocycles. The van der Waals surface area contributed by atoms with Gasteiger partial charge in [0.1, 0.15) is 17.6 Å². The van der Waals surface area contributed by atoms with E-state index in [1.54, 1.807) is 12.1 Å². The molecule has 1 atom stereocenters. The summed E-state index contributed by atoms with van der Waals surface area (Å²) in [4.78, 5) is 18.2. The van der Waals surface area contributed by atoms with E-state index in [9.17, 15) is 9.18 Å². The number of piperidine rings is 1. The Bertz CT molecular complexity index is 1360. The van der Waals surface area contributed by atoms with Crippen LogP contribution in [0, 0.1) is 5.82 Å². The van der Waals surface area contributed by atoms with Gasteiger partial charge >= 0.3 is 0 Å². The van der Waals surface area contributed by atoms with Crippen molar-refractivity contribution in [1.29, 1.82) is 0 Å². The Kier molecular flexibility index (Phi) is 5.79. The summed E-state index contributed by atoms with van der Waals surface area (Å²) in [5, 5.41) is 13.0. The molecule has 9 heteroatoms. The second-order valence-electron chi connectivity index (χ2n) is 9.29. The zero-order chi connectivity index (χ0) is 23.8. The molecule has 35 heavy (non-hydrogen) atoms. The number of carbonyl (C=O) groups excluding carboxylic acids is 1. The number of aromatic amines is 1. The number of benzene rings is 2. The summed E-state index contributed by atoms with van der Waals surface area (Å²) in [6.07, 6.45) is 3.27. The van der Waals surface area contributed by atoms with E-state index in [0.717, 1.165) is 48.2 Å². The highest BCUT2D eigenvalue weighted by Gasteiger charge is 2.28. The third kappa shape index (κ3) is 4.44. The molecule has 1 amide bonds. The number of likely N-dealkylation sites (tertiary alicyclic amines) is 1. The van der Waals surface area contributed by atoms with Crippen LogP contribution in [0.5, 0.6) is 0 Å². The highest BCUT2D eigenvalue weighted by atomic mass is 19.1.